The summed E-state index contributed by atoms with van der Waals surface area (Å²) in [5, 5.41) is 5.89. The third kappa shape index (κ3) is 1.26. The van der Waals surface area contributed by atoms with E-state index in [0.717, 1.165) is 4.68 Å². The van der Waals surface area contributed by atoms with Gasteiger partial charge in [-0.1, -0.05) is 5.21 Å². The molecule has 0 bridgehead atoms. The van der Waals surface area contributed by atoms with Crippen molar-refractivity contribution in [3.05, 3.63) is 11.9 Å². The standard InChI is InChI=1S/C4H3F3N3/c1-10-2-3(8-9-10)4(5,6)7/h1H3. The summed E-state index contributed by atoms with van der Waals surface area (Å²) in [5.74, 6) is 0. The Morgan fingerprint density at radius 1 is 1.50 bits per heavy atom. The third-order valence-electron chi connectivity index (χ3n) is 0.815. The lowest BCUT2D eigenvalue weighted by Crippen LogP contribution is -2.05. The SMILES string of the molecule is Cn1[c]c(C(F)(F)F)nn1. The third-order valence-corrected chi connectivity index (χ3v) is 0.815. The first kappa shape index (κ1) is 7.04. The Morgan fingerprint density at radius 2 is 2.10 bits per heavy atom. The zero-order chi connectivity index (χ0) is 7.78. The molecule has 1 radical (unpaired) electrons. The van der Waals surface area contributed by atoms with E-state index in [9.17, 15) is 13.2 Å². The summed E-state index contributed by atoms with van der Waals surface area (Å²) in [5.41, 5.74) is -1.09. The van der Waals surface area contributed by atoms with E-state index < -0.39 is 11.9 Å². The van der Waals surface area contributed by atoms with Gasteiger partial charge in [-0.2, -0.15) is 13.2 Å². The summed E-state index contributed by atoms with van der Waals surface area (Å²) in [7, 11) is 1.32. The Hall–Kier alpha value is -1.07. The number of alkyl halides is 3. The first-order chi connectivity index (χ1) is 4.50. The van der Waals surface area contributed by atoms with E-state index in [1.54, 1.807) is 0 Å². The van der Waals surface area contributed by atoms with Gasteiger partial charge in [-0.3, -0.25) is 0 Å². The van der Waals surface area contributed by atoms with E-state index in [-0.39, 0.29) is 0 Å². The van der Waals surface area contributed by atoms with Gasteiger partial charge in [0.2, 0.25) is 0 Å². The van der Waals surface area contributed by atoms with Crippen LogP contribution in [0.5, 0.6) is 0 Å². The fraction of sp³-hybridized carbons (Fsp3) is 0.500. The smallest absolute Gasteiger partial charge is 0.245 e. The number of nitrogens with zero attached hydrogens (tertiary/aromatic N) is 3. The molecule has 0 fully saturated rings. The molecule has 1 heterocycles. The topological polar surface area (TPSA) is 30.7 Å². The highest BCUT2D eigenvalue weighted by atomic mass is 19.4. The van der Waals surface area contributed by atoms with Crippen LogP contribution in [0.1, 0.15) is 5.69 Å². The van der Waals surface area contributed by atoms with Crippen molar-refractivity contribution in [2.24, 2.45) is 7.05 Å². The van der Waals surface area contributed by atoms with Gasteiger partial charge in [-0.15, -0.1) is 5.10 Å². The normalized spacial score (nSPS) is 12.0. The van der Waals surface area contributed by atoms with E-state index in [1.807, 2.05) is 6.20 Å². The van der Waals surface area contributed by atoms with Crippen LogP contribution in [0.15, 0.2) is 0 Å². The van der Waals surface area contributed by atoms with Crippen LogP contribution in [-0.2, 0) is 13.2 Å². The van der Waals surface area contributed by atoms with Crippen molar-refractivity contribution < 1.29 is 13.2 Å². The van der Waals surface area contributed by atoms with Crippen molar-refractivity contribution in [2.75, 3.05) is 0 Å². The van der Waals surface area contributed by atoms with Gasteiger partial charge in [0.25, 0.3) is 0 Å². The van der Waals surface area contributed by atoms with Crippen LogP contribution < -0.4 is 0 Å². The van der Waals surface area contributed by atoms with Crippen LogP contribution in [0.3, 0.4) is 0 Å². The van der Waals surface area contributed by atoms with Gasteiger partial charge in [0.05, 0.1) is 0 Å². The lowest BCUT2D eigenvalue weighted by molar-refractivity contribution is -0.141. The summed E-state index contributed by atoms with van der Waals surface area (Å²) in [6, 6.07) is 0. The van der Waals surface area contributed by atoms with Gasteiger partial charge in [-0.05, 0) is 0 Å². The molecule has 0 N–H and O–H groups in total. The maximum atomic E-state index is 11.7. The molecule has 0 unspecified atom stereocenters. The minimum absolute atomic E-state index is 0.878. The molecule has 0 saturated heterocycles. The van der Waals surface area contributed by atoms with Crippen LogP contribution in [0.4, 0.5) is 13.2 Å². The lowest BCUT2D eigenvalue weighted by atomic mass is 10.5. The monoisotopic (exact) mass is 150 g/mol. The molecule has 55 valence electrons. The molecule has 0 atom stereocenters. The predicted molar refractivity (Wildman–Crippen MR) is 24.8 cm³/mol. The molecule has 0 saturated carbocycles. The second-order valence-corrected chi connectivity index (χ2v) is 1.67. The maximum Gasteiger partial charge on any atom is 0.437 e. The maximum absolute atomic E-state index is 11.7. The Bertz CT molecular complexity index is 226. The van der Waals surface area contributed by atoms with Crippen molar-refractivity contribution in [3.8, 4) is 0 Å². The van der Waals surface area contributed by atoms with Crippen molar-refractivity contribution >= 4 is 0 Å². The molecule has 0 amide bonds. The molecule has 0 spiro atoms. The second-order valence-electron chi connectivity index (χ2n) is 1.67. The molecule has 1 aromatic rings. The van der Waals surface area contributed by atoms with Crippen LogP contribution in [0.2, 0.25) is 0 Å². The molecule has 0 aromatic carbocycles. The highest BCUT2D eigenvalue weighted by molar-refractivity contribution is 4.94. The highest BCUT2D eigenvalue weighted by Gasteiger charge is 2.34. The van der Waals surface area contributed by atoms with Gasteiger partial charge in [0.15, 0.2) is 5.69 Å². The van der Waals surface area contributed by atoms with E-state index in [1.165, 1.54) is 7.05 Å². The summed E-state index contributed by atoms with van der Waals surface area (Å²) in [4.78, 5) is 0. The number of aromatic nitrogens is 3. The van der Waals surface area contributed by atoms with Gasteiger partial charge in [-0.25, -0.2) is 4.68 Å². The Morgan fingerprint density at radius 3 is 2.30 bits per heavy atom. The Labute approximate surface area is 54.5 Å². The summed E-state index contributed by atoms with van der Waals surface area (Å²) in [6.45, 7) is 0. The van der Waals surface area contributed by atoms with Crippen molar-refractivity contribution in [1.29, 1.82) is 0 Å². The average molecular weight is 150 g/mol. The largest absolute Gasteiger partial charge is 0.437 e. The summed E-state index contributed by atoms with van der Waals surface area (Å²) < 4.78 is 35.8. The fourth-order valence-corrected chi connectivity index (χ4v) is 0.430. The summed E-state index contributed by atoms with van der Waals surface area (Å²) >= 11 is 0. The molecular formula is C4H3F3N3. The van der Waals surface area contributed by atoms with Crippen molar-refractivity contribution in [3.63, 3.8) is 0 Å². The van der Waals surface area contributed by atoms with Crippen LogP contribution in [-0.4, -0.2) is 15.0 Å². The minimum atomic E-state index is -4.44. The van der Waals surface area contributed by atoms with Gasteiger partial charge in [0.1, 0.15) is 6.20 Å². The van der Waals surface area contributed by atoms with Crippen molar-refractivity contribution in [1.82, 2.24) is 15.0 Å². The van der Waals surface area contributed by atoms with Crippen LogP contribution in [0.25, 0.3) is 0 Å². The number of rotatable bonds is 0. The van der Waals surface area contributed by atoms with E-state index in [4.69, 9.17) is 0 Å². The molecule has 0 aliphatic heterocycles. The predicted octanol–water partition coefficient (Wildman–Crippen LogP) is 0.634. The second kappa shape index (κ2) is 1.96. The number of hydrogen-bond donors (Lipinski definition) is 0. The first-order valence-corrected chi connectivity index (χ1v) is 2.36. The van der Waals surface area contributed by atoms with Gasteiger partial charge in [0, 0.05) is 7.05 Å². The number of hydrogen-bond acceptors (Lipinski definition) is 2. The van der Waals surface area contributed by atoms with E-state index >= 15 is 0 Å². The molecule has 0 aliphatic rings. The fourth-order valence-electron chi connectivity index (χ4n) is 0.430. The van der Waals surface area contributed by atoms with E-state index in [0.29, 0.717) is 0 Å². The van der Waals surface area contributed by atoms with E-state index in [2.05, 4.69) is 10.3 Å². The van der Waals surface area contributed by atoms with Crippen molar-refractivity contribution in [2.45, 2.75) is 6.18 Å². The van der Waals surface area contributed by atoms with Crippen LogP contribution in [0, 0.1) is 6.20 Å². The molecule has 3 nitrogen and oxygen atoms in total. The molecule has 0 aliphatic carbocycles. The highest BCUT2D eigenvalue weighted by Crippen LogP contribution is 2.25. The van der Waals surface area contributed by atoms with Crippen LogP contribution >= 0.6 is 0 Å². The molecular weight excluding hydrogens is 147 g/mol. The summed E-state index contributed by atoms with van der Waals surface area (Å²) in [6.07, 6.45) is -2.55. The molecule has 10 heavy (non-hydrogen) atoms. The molecule has 1 aromatic heterocycles. The molecule has 6 heteroatoms. The quantitative estimate of drug-likeness (QED) is 0.543. The lowest BCUT2D eigenvalue weighted by Gasteiger charge is -1.96. The minimum Gasteiger partial charge on any atom is -0.245 e. The Balaban J connectivity index is 2.96. The zero-order valence-corrected chi connectivity index (χ0v) is 4.98. The molecule has 1 rings (SSSR count). The number of aryl methyl sites for hydroxylation is 1. The zero-order valence-electron chi connectivity index (χ0n) is 4.98. The average Bonchev–Trinajstić information content (AvgIpc) is 2.11. The number of halogens is 3. The first-order valence-electron chi connectivity index (χ1n) is 2.36. The Kier molecular flexibility index (Phi) is 1.38. The van der Waals surface area contributed by atoms with Gasteiger partial charge < -0.3 is 0 Å². The van der Waals surface area contributed by atoms with Gasteiger partial charge >= 0.3 is 6.18 Å².